The fourth-order valence-electron chi connectivity index (χ4n) is 3.71. The summed E-state index contributed by atoms with van der Waals surface area (Å²) in [5, 5.41) is 6.78. The molecule has 1 aliphatic rings. The van der Waals surface area contributed by atoms with Crippen molar-refractivity contribution < 1.29 is 4.39 Å². The number of nitrogens with zero attached hydrogens (tertiary/aromatic N) is 6. The summed E-state index contributed by atoms with van der Waals surface area (Å²) in [7, 11) is 1.78. The van der Waals surface area contributed by atoms with E-state index in [0.29, 0.717) is 27.8 Å². The largest absolute Gasteiger partial charge is 0.365 e. The van der Waals surface area contributed by atoms with Gasteiger partial charge in [0.2, 0.25) is 5.95 Å². The van der Waals surface area contributed by atoms with Gasteiger partial charge in [-0.3, -0.25) is 9.80 Å². The molecule has 8 nitrogen and oxygen atoms in total. The maximum absolute atomic E-state index is 14.4. The van der Waals surface area contributed by atoms with Gasteiger partial charge >= 0.3 is 0 Å². The summed E-state index contributed by atoms with van der Waals surface area (Å²) in [4.78, 5) is 23.0. The average Bonchev–Trinajstić information content (AvgIpc) is 3.17. The first-order valence-electron chi connectivity index (χ1n) is 10.8. The number of piperazine rings is 1. The van der Waals surface area contributed by atoms with Crippen LogP contribution >= 0.6 is 11.3 Å². The number of halogens is 1. The second-order valence-electron chi connectivity index (χ2n) is 8.16. The van der Waals surface area contributed by atoms with Crippen molar-refractivity contribution in [1.29, 1.82) is 0 Å². The summed E-state index contributed by atoms with van der Waals surface area (Å²) in [5.74, 6) is 0.434. The molecule has 3 aromatic heterocycles. The van der Waals surface area contributed by atoms with Crippen molar-refractivity contribution in [3.05, 3.63) is 41.6 Å². The Hall–Kier alpha value is -2.69. The standard InChI is InChI=1S/C22H29FN8S/c1-14(2)31-9-7-30(8-10-31)13-16-5-6-18(25-11-16)28-21-26-12-17(23)19(29-21)20-15(3)27-22(24-4)32-20/h5-6,11-12,14H,7-10,13H2,1-4H3,(H,24,27)(H,25,26,28,29). The predicted octanol–water partition coefficient (Wildman–Crippen LogP) is 3.75. The number of thiazole rings is 1. The molecule has 3 aromatic rings. The third-order valence-corrected chi connectivity index (χ3v) is 6.76. The van der Waals surface area contributed by atoms with Gasteiger partial charge in [-0.05, 0) is 32.4 Å². The molecular weight excluding hydrogens is 427 g/mol. The maximum atomic E-state index is 14.4. The quantitative estimate of drug-likeness (QED) is 0.556. The third-order valence-electron chi connectivity index (χ3n) is 5.58. The number of rotatable bonds is 7. The van der Waals surface area contributed by atoms with E-state index >= 15 is 0 Å². The summed E-state index contributed by atoms with van der Waals surface area (Å²) < 4.78 is 14.4. The summed E-state index contributed by atoms with van der Waals surface area (Å²) in [6.07, 6.45) is 3.04. The number of pyridine rings is 1. The molecule has 2 N–H and O–H groups in total. The monoisotopic (exact) mass is 456 g/mol. The Morgan fingerprint density at radius 2 is 1.88 bits per heavy atom. The van der Waals surface area contributed by atoms with Crippen LogP contribution in [0.1, 0.15) is 25.1 Å². The zero-order valence-electron chi connectivity index (χ0n) is 18.9. The van der Waals surface area contributed by atoms with Gasteiger partial charge in [-0.2, -0.15) is 0 Å². The Bertz CT molecular complexity index is 1040. The summed E-state index contributed by atoms with van der Waals surface area (Å²) in [5.41, 5.74) is 2.12. The zero-order chi connectivity index (χ0) is 22.7. The van der Waals surface area contributed by atoms with Gasteiger partial charge in [0.1, 0.15) is 11.5 Å². The van der Waals surface area contributed by atoms with Gasteiger partial charge in [0.05, 0.1) is 16.8 Å². The van der Waals surface area contributed by atoms with E-state index in [1.807, 2.05) is 19.2 Å². The Balaban J connectivity index is 1.41. The highest BCUT2D eigenvalue weighted by molar-refractivity contribution is 7.19. The third kappa shape index (κ3) is 5.20. The van der Waals surface area contributed by atoms with Gasteiger partial charge in [-0.1, -0.05) is 17.4 Å². The summed E-state index contributed by atoms with van der Waals surface area (Å²) >= 11 is 1.36. The van der Waals surface area contributed by atoms with E-state index in [-0.39, 0.29) is 5.69 Å². The lowest BCUT2D eigenvalue weighted by atomic mass is 10.2. The van der Waals surface area contributed by atoms with Gasteiger partial charge in [-0.15, -0.1) is 0 Å². The minimum Gasteiger partial charge on any atom is -0.365 e. The van der Waals surface area contributed by atoms with Gasteiger partial charge in [0, 0.05) is 52.0 Å². The molecule has 1 fully saturated rings. The molecule has 1 aliphatic heterocycles. The fourth-order valence-corrected chi connectivity index (χ4v) is 4.62. The second kappa shape index (κ2) is 9.85. The normalized spacial score (nSPS) is 15.3. The van der Waals surface area contributed by atoms with Crippen molar-refractivity contribution in [1.82, 2.24) is 29.7 Å². The lowest BCUT2D eigenvalue weighted by Crippen LogP contribution is -2.48. The molecule has 4 rings (SSSR count). The van der Waals surface area contributed by atoms with Crippen LogP contribution in [-0.2, 0) is 6.54 Å². The van der Waals surface area contributed by atoms with Crippen LogP contribution in [0.3, 0.4) is 0 Å². The van der Waals surface area contributed by atoms with Crippen molar-refractivity contribution in [3.8, 4) is 10.6 Å². The van der Waals surface area contributed by atoms with Crippen molar-refractivity contribution >= 4 is 28.2 Å². The van der Waals surface area contributed by atoms with Gasteiger partial charge in [0.25, 0.3) is 0 Å². The first-order valence-corrected chi connectivity index (χ1v) is 11.6. The first-order chi connectivity index (χ1) is 15.4. The second-order valence-corrected chi connectivity index (χ2v) is 9.16. The number of hydrogen-bond donors (Lipinski definition) is 2. The van der Waals surface area contributed by atoms with Crippen LogP contribution in [0.2, 0.25) is 0 Å². The molecule has 0 amide bonds. The van der Waals surface area contributed by atoms with E-state index in [2.05, 4.69) is 60.3 Å². The minimum absolute atomic E-state index is 0.233. The molecule has 0 saturated carbocycles. The Morgan fingerprint density at radius 3 is 2.50 bits per heavy atom. The van der Waals surface area contributed by atoms with Crippen molar-refractivity contribution in [2.45, 2.75) is 33.4 Å². The molecule has 0 spiro atoms. The molecule has 0 unspecified atom stereocenters. The molecule has 0 aromatic carbocycles. The van der Waals surface area contributed by atoms with Gasteiger partial charge in [0.15, 0.2) is 10.9 Å². The fraction of sp³-hybridized carbons (Fsp3) is 0.455. The van der Waals surface area contributed by atoms with E-state index in [9.17, 15) is 4.39 Å². The summed E-state index contributed by atoms with van der Waals surface area (Å²) in [6, 6.07) is 4.56. The van der Waals surface area contributed by atoms with Crippen LogP contribution in [0.4, 0.5) is 21.3 Å². The van der Waals surface area contributed by atoms with E-state index < -0.39 is 5.82 Å². The first kappa shape index (κ1) is 22.5. The molecule has 0 bridgehead atoms. The van der Waals surface area contributed by atoms with Crippen molar-refractivity contribution in [3.63, 3.8) is 0 Å². The van der Waals surface area contributed by atoms with Crippen LogP contribution < -0.4 is 10.6 Å². The number of hydrogen-bond acceptors (Lipinski definition) is 9. The zero-order valence-corrected chi connectivity index (χ0v) is 19.7. The molecule has 1 saturated heterocycles. The highest BCUT2D eigenvalue weighted by Gasteiger charge is 2.19. The lowest BCUT2D eigenvalue weighted by Gasteiger charge is -2.36. The van der Waals surface area contributed by atoms with Gasteiger partial charge < -0.3 is 10.6 Å². The van der Waals surface area contributed by atoms with Crippen LogP contribution in [0.25, 0.3) is 10.6 Å². The number of aryl methyl sites for hydroxylation is 1. The van der Waals surface area contributed by atoms with E-state index in [0.717, 1.165) is 44.0 Å². The van der Waals surface area contributed by atoms with Crippen molar-refractivity contribution in [2.75, 3.05) is 43.9 Å². The van der Waals surface area contributed by atoms with Crippen LogP contribution in [0, 0.1) is 12.7 Å². The number of nitrogens with one attached hydrogen (secondary N) is 2. The molecular formula is C22H29FN8S. The Labute approximate surface area is 191 Å². The highest BCUT2D eigenvalue weighted by Crippen LogP contribution is 2.33. The Morgan fingerprint density at radius 1 is 1.09 bits per heavy atom. The molecule has 0 atom stereocenters. The Kier molecular flexibility index (Phi) is 6.92. The van der Waals surface area contributed by atoms with E-state index in [1.165, 1.54) is 17.5 Å². The van der Waals surface area contributed by atoms with Crippen LogP contribution in [-0.4, -0.2) is 69.0 Å². The number of anilines is 3. The molecule has 4 heterocycles. The summed E-state index contributed by atoms with van der Waals surface area (Å²) in [6.45, 7) is 11.6. The SMILES string of the molecule is CNc1nc(C)c(-c2nc(Nc3ccc(CN4CCN(C(C)C)CC4)cn3)ncc2F)s1. The number of aromatic nitrogens is 4. The average molecular weight is 457 g/mol. The smallest absolute Gasteiger partial charge is 0.229 e. The lowest BCUT2D eigenvalue weighted by molar-refractivity contribution is 0.104. The van der Waals surface area contributed by atoms with Crippen molar-refractivity contribution in [2.24, 2.45) is 0 Å². The molecule has 0 radical (unpaired) electrons. The maximum Gasteiger partial charge on any atom is 0.229 e. The van der Waals surface area contributed by atoms with E-state index in [1.54, 1.807) is 7.05 Å². The highest BCUT2D eigenvalue weighted by atomic mass is 32.1. The van der Waals surface area contributed by atoms with E-state index in [4.69, 9.17) is 0 Å². The molecule has 32 heavy (non-hydrogen) atoms. The topological polar surface area (TPSA) is 82.1 Å². The predicted molar refractivity (Wildman–Crippen MR) is 127 cm³/mol. The molecule has 10 heteroatoms. The van der Waals surface area contributed by atoms with Crippen LogP contribution in [0.15, 0.2) is 24.5 Å². The minimum atomic E-state index is -0.481. The van der Waals surface area contributed by atoms with Gasteiger partial charge in [-0.25, -0.2) is 24.3 Å². The van der Waals surface area contributed by atoms with Crippen LogP contribution in [0.5, 0.6) is 0 Å². The molecule has 170 valence electrons. The molecule has 0 aliphatic carbocycles.